The van der Waals surface area contributed by atoms with Crippen molar-refractivity contribution in [1.82, 2.24) is 0 Å². The highest BCUT2D eigenvalue weighted by Crippen LogP contribution is 2.15. The van der Waals surface area contributed by atoms with E-state index in [1.54, 1.807) is 13.0 Å². The normalized spacial score (nSPS) is 13.1. The first-order chi connectivity index (χ1) is 15.1. The summed E-state index contributed by atoms with van der Waals surface area (Å²) in [6, 6.07) is 0. The highest BCUT2D eigenvalue weighted by atomic mass is 16.6. The molecule has 180 valence electrons. The molecule has 0 saturated heterocycles. The zero-order chi connectivity index (χ0) is 24.4. The summed E-state index contributed by atoms with van der Waals surface area (Å²) in [6.45, 7) is 14.9. The van der Waals surface area contributed by atoms with Crippen molar-refractivity contribution in [1.29, 1.82) is 0 Å². The molecule has 4 nitrogen and oxygen atoms in total. The third-order valence-corrected chi connectivity index (χ3v) is 4.86. The van der Waals surface area contributed by atoms with Crippen molar-refractivity contribution in [2.24, 2.45) is 0 Å². The Morgan fingerprint density at radius 3 is 1.88 bits per heavy atom. The summed E-state index contributed by atoms with van der Waals surface area (Å²) in [7, 11) is 0. The fraction of sp³-hybridized carbons (Fsp3) is 0.571. The topological polar surface area (TPSA) is 52.6 Å². The highest BCUT2D eigenvalue weighted by molar-refractivity contribution is 5.91. The lowest BCUT2D eigenvalue weighted by Gasteiger charge is -2.16. The molecule has 0 aromatic heterocycles. The molecule has 0 fully saturated rings. The van der Waals surface area contributed by atoms with Crippen molar-refractivity contribution in [2.75, 3.05) is 6.61 Å². The van der Waals surface area contributed by atoms with Gasteiger partial charge in [0.2, 0.25) is 0 Å². The number of carbonyl (C=O) groups excluding carboxylic acids is 2. The molecule has 4 heteroatoms. The Labute approximate surface area is 196 Å². The molecule has 0 amide bonds. The minimum Gasteiger partial charge on any atom is -0.390 e. The molecule has 0 heterocycles. The predicted molar refractivity (Wildman–Crippen MR) is 134 cm³/mol. The van der Waals surface area contributed by atoms with Gasteiger partial charge < -0.3 is 9.47 Å². The minimum absolute atomic E-state index is 0.0976. The van der Waals surface area contributed by atoms with E-state index in [9.17, 15) is 9.59 Å². The Bertz CT molecular complexity index is 712. The molecular formula is C28H44O4. The van der Waals surface area contributed by atoms with Gasteiger partial charge in [-0.25, -0.2) is 4.79 Å². The van der Waals surface area contributed by atoms with E-state index in [0.29, 0.717) is 13.0 Å². The number of ether oxygens (including phenoxy) is 2. The molecule has 0 bridgehead atoms. The zero-order valence-corrected chi connectivity index (χ0v) is 21.3. The van der Waals surface area contributed by atoms with Crippen molar-refractivity contribution >= 4 is 11.9 Å². The van der Waals surface area contributed by atoms with E-state index < -0.39 is 11.9 Å². The van der Waals surface area contributed by atoms with E-state index in [-0.39, 0.29) is 12.5 Å². The highest BCUT2D eigenvalue weighted by Gasteiger charge is 2.13. The van der Waals surface area contributed by atoms with Gasteiger partial charge in [-0.15, -0.1) is 0 Å². The van der Waals surface area contributed by atoms with Gasteiger partial charge in [-0.1, -0.05) is 52.7 Å². The monoisotopic (exact) mass is 444 g/mol. The molecule has 1 atom stereocenters. The van der Waals surface area contributed by atoms with Gasteiger partial charge in [-0.2, -0.15) is 0 Å². The maximum absolute atomic E-state index is 12.0. The van der Waals surface area contributed by atoms with Crippen molar-refractivity contribution < 1.29 is 19.1 Å². The quantitative estimate of drug-likeness (QED) is 0.113. The summed E-state index contributed by atoms with van der Waals surface area (Å²) in [4.78, 5) is 23.4. The molecule has 0 aromatic carbocycles. The standard InChI is InChI=1S/C28H44O4/c1-8-11-27(29)32-28(30)19-18-26(17-16-24(6)14-9-12-22(2)3)31-21-20-25(7)15-10-13-23(4)5/h8,11-13,16,20,26H,9-10,14-15,17-19,21H2,1-7H3/b11-8?,24-16+,25-20+. The number of rotatable bonds is 15. The van der Waals surface area contributed by atoms with Crippen LogP contribution in [0.25, 0.3) is 0 Å². The summed E-state index contributed by atoms with van der Waals surface area (Å²) < 4.78 is 10.9. The van der Waals surface area contributed by atoms with Gasteiger partial charge in [0.1, 0.15) is 0 Å². The van der Waals surface area contributed by atoms with Gasteiger partial charge in [-0.3, -0.25) is 4.79 Å². The molecule has 32 heavy (non-hydrogen) atoms. The first-order valence-corrected chi connectivity index (χ1v) is 11.7. The number of esters is 2. The van der Waals surface area contributed by atoms with Crippen LogP contribution in [0, 0.1) is 0 Å². The van der Waals surface area contributed by atoms with E-state index in [0.717, 1.165) is 32.1 Å². The Morgan fingerprint density at radius 1 is 0.781 bits per heavy atom. The van der Waals surface area contributed by atoms with Crippen LogP contribution in [0.2, 0.25) is 0 Å². The summed E-state index contributed by atoms with van der Waals surface area (Å²) in [5, 5.41) is 0. The Hall–Kier alpha value is -2.20. The third kappa shape index (κ3) is 18.6. The van der Waals surface area contributed by atoms with Gasteiger partial charge in [0.05, 0.1) is 12.7 Å². The Balaban J connectivity index is 4.83. The Morgan fingerprint density at radius 2 is 1.34 bits per heavy atom. The maximum atomic E-state index is 12.0. The number of hydrogen-bond acceptors (Lipinski definition) is 4. The zero-order valence-electron chi connectivity index (χ0n) is 21.3. The van der Waals surface area contributed by atoms with Gasteiger partial charge in [0, 0.05) is 12.5 Å². The van der Waals surface area contributed by atoms with E-state index in [1.807, 2.05) is 0 Å². The molecule has 0 radical (unpaired) electrons. The number of allylic oxidation sites excluding steroid dienone is 7. The SMILES string of the molecule is CC=CC(=O)OC(=O)CCC(C/C=C(\C)CCC=C(C)C)OC/C=C(\C)CCC=C(C)C. The van der Waals surface area contributed by atoms with E-state index >= 15 is 0 Å². The molecule has 0 spiro atoms. The van der Waals surface area contributed by atoms with Crippen molar-refractivity contribution in [3.8, 4) is 0 Å². The Kier molecular flexibility index (Phi) is 17.1. The fourth-order valence-corrected chi connectivity index (χ4v) is 2.92. The lowest BCUT2D eigenvalue weighted by molar-refractivity contribution is -0.156. The largest absolute Gasteiger partial charge is 0.390 e. The van der Waals surface area contributed by atoms with Crippen molar-refractivity contribution in [3.63, 3.8) is 0 Å². The van der Waals surface area contributed by atoms with Crippen molar-refractivity contribution in [3.05, 3.63) is 58.7 Å². The van der Waals surface area contributed by atoms with Crippen LogP contribution in [0.15, 0.2) is 58.7 Å². The summed E-state index contributed by atoms with van der Waals surface area (Å²) in [6.07, 6.45) is 17.0. The lowest BCUT2D eigenvalue weighted by Crippen LogP contribution is -2.17. The van der Waals surface area contributed by atoms with Crippen LogP contribution in [-0.2, 0) is 19.1 Å². The van der Waals surface area contributed by atoms with Crippen LogP contribution in [0.3, 0.4) is 0 Å². The van der Waals surface area contributed by atoms with Crippen LogP contribution in [0.5, 0.6) is 0 Å². The molecule has 1 unspecified atom stereocenters. The molecule has 0 saturated carbocycles. The van der Waals surface area contributed by atoms with Crippen LogP contribution in [-0.4, -0.2) is 24.6 Å². The molecule has 0 aliphatic heterocycles. The first kappa shape index (κ1) is 29.8. The maximum Gasteiger partial charge on any atom is 0.338 e. The second-order valence-corrected chi connectivity index (χ2v) is 8.76. The predicted octanol–water partition coefficient (Wildman–Crippen LogP) is 7.57. The van der Waals surface area contributed by atoms with Crippen LogP contribution in [0.4, 0.5) is 0 Å². The molecule has 0 rings (SSSR count). The summed E-state index contributed by atoms with van der Waals surface area (Å²) >= 11 is 0. The van der Waals surface area contributed by atoms with Crippen molar-refractivity contribution in [2.45, 2.75) is 99.5 Å². The fourth-order valence-electron chi connectivity index (χ4n) is 2.92. The van der Waals surface area contributed by atoms with Crippen LogP contribution < -0.4 is 0 Å². The molecule has 0 aliphatic carbocycles. The third-order valence-electron chi connectivity index (χ3n) is 4.86. The summed E-state index contributed by atoms with van der Waals surface area (Å²) in [5.74, 6) is -1.14. The lowest BCUT2D eigenvalue weighted by atomic mass is 10.1. The summed E-state index contributed by atoms with van der Waals surface area (Å²) in [5.41, 5.74) is 5.28. The van der Waals surface area contributed by atoms with Gasteiger partial charge in [0.15, 0.2) is 0 Å². The smallest absolute Gasteiger partial charge is 0.338 e. The molecule has 0 N–H and O–H groups in total. The molecule has 0 aromatic rings. The van der Waals surface area contributed by atoms with Gasteiger partial charge in [-0.05, 0) is 87.0 Å². The van der Waals surface area contributed by atoms with Gasteiger partial charge in [0.25, 0.3) is 0 Å². The van der Waals surface area contributed by atoms with E-state index in [1.165, 1.54) is 28.4 Å². The average molecular weight is 445 g/mol. The van der Waals surface area contributed by atoms with E-state index in [4.69, 9.17) is 9.47 Å². The molecule has 0 aliphatic rings. The van der Waals surface area contributed by atoms with Crippen LogP contribution in [0.1, 0.15) is 93.4 Å². The number of hydrogen-bond donors (Lipinski definition) is 0. The van der Waals surface area contributed by atoms with Crippen LogP contribution >= 0.6 is 0 Å². The minimum atomic E-state index is -0.625. The molecular weight excluding hydrogens is 400 g/mol. The van der Waals surface area contributed by atoms with Gasteiger partial charge >= 0.3 is 11.9 Å². The second kappa shape index (κ2) is 18.4. The van der Waals surface area contributed by atoms with E-state index in [2.05, 4.69) is 65.8 Å². The second-order valence-electron chi connectivity index (χ2n) is 8.76. The number of carbonyl (C=O) groups is 2. The first-order valence-electron chi connectivity index (χ1n) is 11.7. The average Bonchev–Trinajstić information content (AvgIpc) is 2.69.